The molecule has 1 saturated carbocycles. The van der Waals surface area contributed by atoms with Gasteiger partial charge < -0.3 is 4.74 Å². The van der Waals surface area contributed by atoms with E-state index in [-0.39, 0.29) is 11.9 Å². The first-order valence-electron chi connectivity index (χ1n) is 6.27. The van der Waals surface area contributed by atoms with Crippen LogP contribution in [0.4, 0.5) is 4.39 Å². The minimum Gasteiger partial charge on any atom is -0.490 e. The van der Waals surface area contributed by atoms with Crippen molar-refractivity contribution in [1.29, 1.82) is 0 Å². The van der Waals surface area contributed by atoms with Crippen molar-refractivity contribution < 1.29 is 9.13 Å². The van der Waals surface area contributed by atoms with Gasteiger partial charge in [-0.1, -0.05) is 25.3 Å². The zero-order chi connectivity index (χ0) is 11.2. The second kappa shape index (κ2) is 5.88. The quantitative estimate of drug-likeness (QED) is 0.724. The number of hydrogen-bond acceptors (Lipinski definition) is 1. The van der Waals surface area contributed by atoms with Crippen LogP contribution in [0.15, 0.2) is 24.3 Å². The van der Waals surface area contributed by atoms with E-state index in [2.05, 4.69) is 0 Å². The lowest BCUT2D eigenvalue weighted by molar-refractivity contribution is 0.166. The van der Waals surface area contributed by atoms with Crippen molar-refractivity contribution in [3.63, 3.8) is 0 Å². The summed E-state index contributed by atoms with van der Waals surface area (Å²) in [4.78, 5) is 0. The fourth-order valence-electron chi connectivity index (χ4n) is 2.27. The number of hydrogen-bond donors (Lipinski definition) is 0. The first-order chi connectivity index (χ1) is 7.84. The van der Waals surface area contributed by atoms with Crippen molar-refractivity contribution in [2.45, 2.75) is 51.0 Å². The second-order valence-corrected chi connectivity index (χ2v) is 4.54. The maximum Gasteiger partial charge on any atom is 0.126 e. The van der Waals surface area contributed by atoms with Gasteiger partial charge in [-0.2, -0.15) is 0 Å². The normalized spacial score (nSPS) is 18.8. The second-order valence-electron chi connectivity index (χ2n) is 4.54. The van der Waals surface area contributed by atoms with Gasteiger partial charge in [-0.3, -0.25) is 0 Å². The molecule has 0 amide bonds. The topological polar surface area (TPSA) is 9.23 Å². The van der Waals surface area contributed by atoms with E-state index in [0.29, 0.717) is 5.75 Å². The minimum atomic E-state index is -0.219. The molecule has 0 aromatic heterocycles. The maximum absolute atomic E-state index is 13.0. The van der Waals surface area contributed by atoms with Crippen LogP contribution in [0.1, 0.15) is 44.9 Å². The molecule has 1 nitrogen and oxygen atoms in total. The van der Waals surface area contributed by atoms with Crippen LogP contribution in [-0.4, -0.2) is 6.10 Å². The van der Waals surface area contributed by atoms with Crippen molar-refractivity contribution in [3.05, 3.63) is 30.1 Å². The molecular formula is C14H19FO. The van der Waals surface area contributed by atoms with Gasteiger partial charge in [0.15, 0.2) is 0 Å². The Morgan fingerprint density at radius 2 is 1.69 bits per heavy atom. The summed E-state index contributed by atoms with van der Waals surface area (Å²) in [6, 6.07) is 6.46. The molecule has 2 rings (SSSR count). The summed E-state index contributed by atoms with van der Waals surface area (Å²) in [7, 11) is 0. The summed E-state index contributed by atoms with van der Waals surface area (Å²) < 4.78 is 18.8. The average Bonchev–Trinajstić information content (AvgIpc) is 2.22. The Hall–Kier alpha value is -1.05. The van der Waals surface area contributed by atoms with Gasteiger partial charge in [-0.15, -0.1) is 0 Å². The van der Waals surface area contributed by atoms with Crippen molar-refractivity contribution in [1.82, 2.24) is 0 Å². The molecule has 1 fully saturated rings. The van der Waals surface area contributed by atoms with Gasteiger partial charge in [0.2, 0.25) is 0 Å². The minimum absolute atomic E-state index is 0.219. The maximum atomic E-state index is 13.0. The molecule has 1 aliphatic rings. The number of halogens is 1. The van der Waals surface area contributed by atoms with Crippen LogP contribution < -0.4 is 4.74 Å². The van der Waals surface area contributed by atoms with Gasteiger partial charge in [0.1, 0.15) is 11.6 Å². The SMILES string of the molecule is Fc1cccc(OC2CCCCCCC2)c1. The van der Waals surface area contributed by atoms with Gasteiger partial charge in [0, 0.05) is 6.07 Å². The summed E-state index contributed by atoms with van der Waals surface area (Å²) in [5, 5.41) is 0. The Kier molecular flexibility index (Phi) is 4.20. The molecule has 0 N–H and O–H groups in total. The third kappa shape index (κ3) is 3.51. The number of benzene rings is 1. The highest BCUT2D eigenvalue weighted by Gasteiger charge is 2.12. The van der Waals surface area contributed by atoms with Crippen molar-refractivity contribution in [2.24, 2.45) is 0 Å². The molecule has 0 spiro atoms. The number of rotatable bonds is 2. The van der Waals surface area contributed by atoms with Gasteiger partial charge in [-0.05, 0) is 37.8 Å². The van der Waals surface area contributed by atoms with Crippen molar-refractivity contribution >= 4 is 0 Å². The van der Waals surface area contributed by atoms with Gasteiger partial charge >= 0.3 is 0 Å². The summed E-state index contributed by atoms with van der Waals surface area (Å²) in [6.07, 6.45) is 8.94. The van der Waals surface area contributed by atoms with E-state index in [1.165, 1.54) is 44.2 Å². The van der Waals surface area contributed by atoms with Gasteiger partial charge in [0.25, 0.3) is 0 Å². The van der Waals surface area contributed by atoms with E-state index in [0.717, 1.165) is 12.8 Å². The molecule has 2 heteroatoms. The van der Waals surface area contributed by atoms with E-state index in [4.69, 9.17) is 4.74 Å². The summed E-state index contributed by atoms with van der Waals surface area (Å²) in [6.45, 7) is 0. The Balaban J connectivity index is 1.91. The van der Waals surface area contributed by atoms with Crippen LogP contribution in [0.25, 0.3) is 0 Å². The third-order valence-corrected chi connectivity index (χ3v) is 3.15. The Morgan fingerprint density at radius 3 is 2.38 bits per heavy atom. The first-order valence-corrected chi connectivity index (χ1v) is 6.27. The van der Waals surface area contributed by atoms with Gasteiger partial charge in [-0.25, -0.2) is 4.39 Å². The summed E-state index contributed by atoms with van der Waals surface area (Å²) in [5.74, 6) is 0.453. The van der Waals surface area contributed by atoms with E-state index in [1.54, 1.807) is 6.07 Å². The molecule has 0 atom stereocenters. The summed E-state index contributed by atoms with van der Waals surface area (Å²) in [5.41, 5.74) is 0. The lowest BCUT2D eigenvalue weighted by atomic mass is 9.98. The standard InChI is InChI=1S/C14H19FO/c15-12-7-6-10-14(11-12)16-13-8-4-2-1-3-5-9-13/h6-7,10-11,13H,1-5,8-9H2. The molecule has 0 saturated heterocycles. The average molecular weight is 222 g/mol. The highest BCUT2D eigenvalue weighted by molar-refractivity contribution is 5.22. The Bertz CT molecular complexity index is 316. The molecule has 0 heterocycles. The van der Waals surface area contributed by atoms with E-state index in [1.807, 2.05) is 6.07 Å². The van der Waals surface area contributed by atoms with Crippen LogP contribution in [0.5, 0.6) is 5.75 Å². The lowest BCUT2D eigenvalue weighted by Crippen LogP contribution is -2.17. The van der Waals surface area contributed by atoms with Crippen LogP contribution in [-0.2, 0) is 0 Å². The highest BCUT2D eigenvalue weighted by atomic mass is 19.1. The lowest BCUT2D eigenvalue weighted by Gasteiger charge is -2.21. The van der Waals surface area contributed by atoms with Crippen LogP contribution in [0, 0.1) is 5.82 Å². The molecular weight excluding hydrogens is 203 g/mol. The Labute approximate surface area is 96.6 Å². The van der Waals surface area contributed by atoms with Crippen LogP contribution in [0.3, 0.4) is 0 Å². The van der Waals surface area contributed by atoms with Crippen molar-refractivity contribution in [2.75, 3.05) is 0 Å². The zero-order valence-electron chi connectivity index (χ0n) is 9.62. The fraction of sp³-hybridized carbons (Fsp3) is 0.571. The van der Waals surface area contributed by atoms with Crippen molar-refractivity contribution in [3.8, 4) is 5.75 Å². The first kappa shape index (κ1) is 11.4. The third-order valence-electron chi connectivity index (χ3n) is 3.15. The van der Waals surface area contributed by atoms with Crippen LogP contribution in [0.2, 0.25) is 0 Å². The molecule has 0 radical (unpaired) electrons. The van der Waals surface area contributed by atoms with Crippen LogP contribution >= 0.6 is 0 Å². The highest BCUT2D eigenvalue weighted by Crippen LogP contribution is 2.22. The van der Waals surface area contributed by atoms with E-state index >= 15 is 0 Å². The predicted octanol–water partition coefficient (Wildman–Crippen LogP) is 4.32. The molecule has 88 valence electrons. The zero-order valence-corrected chi connectivity index (χ0v) is 9.62. The molecule has 0 unspecified atom stereocenters. The summed E-state index contributed by atoms with van der Waals surface area (Å²) >= 11 is 0. The molecule has 16 heavy (non-hydrogen) atoms. The predicted molar refractivity (Wildman–Crippen MR) is 63.1 cm³/mol. The molecule has 0 bridgehead atoms. The molecule has 0 aliphatic heterocycles. The van der Waals surface area contributed by atoms with E-state index < -0.39 is 0 Å². The largest absolute Gasteiger partial charge is 0.490 e. The molecule has 1 aromatic rings. The molecule has 1 aromatic carbocycles. The van der Waals surface area contributed by atoms with Gasteiger partial charge in [0.05, 0.1) is 6.10 Å². The fourth-order valence-corrected chi connectivity index (χ4v) is 2.27. The number of ether oxygens (including phenoxy) is 1. The smallest absolute Gasteiger partial charge is 0.126 e. The van der Waals surface area contributed by atoms with E-state index in [9.17, 15) is 4.39 Å². The molecule has 1 aliphatic carbocycles. The monoisotopic (exact) mass is 222 g/mol. The Morgan fingerprint density at radius 1 is 1.00 bits per heavy atom.